The standard InChI is InChI=1S/C22H17N3O2S/c1-11(2)27-18-7-6-12(8-13(18)10-23)21-24-22(28-25-21)15-5-3-4-14-19(15)16-9-17(16)20(14)26/h3-8,11,16-17H,9H2,1-2H3. The smallest absolute Gasteiger partial charge is 0.173 e. The second-order valence-corrected chi connectivity index (χ2v) is 8.24. The number of hydrogen-bond donors (Lipinski definition) is 0. The molecule has 6 heteroatoms. The molecule has 2 aromatic carbocycles. The molecule has 0 radical (unpaired) electrons. The van der Waals surface area contributed by atoms with Crippen molar-refractivity contribution >= 4 is 17.3 Å². The van der Waals surface area contributed by atoms with Crippen molar-refractivity contribution in [1.29, 1.82) is 5.26 Å². The van der Waals surface area contributed by atoms with Crippen LogP contribution in [-0.4, -0.2) is 21.2 Å². The van der Waals surface area contributed by atoms with Gasteiger partial charge >= 0.3 is 0 Å². The fraction of sp³-hybridized carbons (Fsp3) is 0.273. The Labute approximate surface area is 166 Å². The molecule has 138 valence electrons. The lowest BCUT2D eigenvalue weighted by Crippen LogP contribution is -2.06. The van der Waals surface area contributed by atoms with Gasteiger partial charge in [0.15, 0.2) is 11.6 Å². The number of carbonyl (C=O) groups is 1. The number of Topliss-reactive ketones (excluding diaryl/α,β-unsaturated/α-hetero) is 1. The fourth-order valence-electron chi connectivity index (χ4n) is 3.93. The van der Waals surface area contributed by atoms with Crippen LogP contribution in [0.3, 0.4) is 0 Å². The first-order valence-electron chi connectivity index (χ1n) is 9.29. The lowest BCUT2D eigenvalue weighted by molar-refractivity contribution is 0.0974. The topological polar surface area (TPSA) is 75.9 Å². The highest BCUT2D eigenvalue weighted by Gasteiger charge is 2.52. The van der Waals surface area contributed by atoms with Crippen molar-refractivity contribution in [3.8, 4) is 33.8 Å². The van der Waals surface area contributed by atoms with E-state index in [0.29, 0.717) is 23.1 Å². The van der Waals surface area contributed by atoms with E-state index in [2.05, 4.69) is 10.4 Å². The molecule has 1 heterocycles. The van der Waals surface area contributed by atoms with Gasteiger partial charge in [-0.25, -0.2) is 4.98 Å². The van der Waals surface area contributed by atoms with Gasteiger partial charge in [0.05, 0.1) is 11.7 Å². The van der Waals surface area contributed by atoms with E-state index in [0.717, 1.165) is 33.7 Å². The van der Waals surface area contributed by atoms with Gasteiger partial charge in [-0.05, 0) is 61.5 Å². The minimum absolute atomic E-state index is 0.00362. The highest BCUT2D eigenvalue weighted by atomic mass is 32.1. The number of hydrogen-bond acceptors (Lipinski definition) is 6. The first kappa shape index (κ1) is 17.1. The van der Waals surface area contributed by atoms with Gasteiger partial charge in [0, 0.05) is 22.6 Å². The zero-order valence-corrected chi connectivity index (χ0v) is 16.3. The average Bonchev–Trinajstić information content (AvgIpc) is 3.24. The molecule has 0 aliphatic heterocycles. The number of aromatic nitrogens is 2. The molecular formula is C22H17N3O2S. The van der Waals surface area contributed by atoms with Crippen molar-refractivity contribution in [2.75, 3.05) is 0 Å². The van der Waals surface area contributed by atoms with E-state index in [1.165, 1.54) is 11.5 Å². The number of benzene rings is 2. The summed E-state index contributed by atoms with van der Waals surface area (Å²) in [6, 6.07) is 13.5. The first-order chi connectivity index (χ1) is 13.6. The third-order valence-corrected chi connectivity index (χ3v) is 6.00. The van der Waals surface area contributed by atoms with Gasteiger partial charge in [-0.3, -0.25) is 4.79 Å². The predicted octanol–water partition coefficient (Wildman–Crippen LogP) is 4.83. The molecule has 28 heavy (non-hydrogen) atoms. The van der Waals surface area contributed by atoms with Crippen LogP contribution in [0, 0.1) is 17.2 Å². The quantitative estimate of drug-likeness (QED) is 0.641. The number of nitrogens with zero attached hydrogens (tertiary/aromatic N) is 3. The van der Waals surface area contributed by atoms with Crippen molar-refractivity contribution in [2.24, 2.45) is 5.92 Å². The monoisotopic (exact) mass is 387 g/mol. The minimum Gasteiger partial charge on any atom is -0.490 e. The van der Waals surface area contributed by atoms with Crippen LogP contribution in [0.1, 0.15) is 47.7 Å². The summed E-state index contributed by atoms with van der Waals surface area (Å²) in [5, 5.41) is 10.3. The highest BCUT2D eigenvalue weighted by Crippen LogP contribution is 2.58. The molecule has 2 unspecified atom stereocenters. The molecule has 0 spiro atoms. The first-order valence-corrected chi connectivity index (χ1v) is 10.1. The Balaban J connectivity index is 1.52. The van der Waals surface area contributed by atoms with E-state index in [4.69, 9.17) is 9.72 Å². The average molecular weight is 387 g/mol. The van der Waals surface area contributed by atoms with Crippen LogP contribution in [-0.2, 0) is 0 Å². The zero-order chi connectivity index (χ0) is 19.4. The number of nitriles is 1. The van der Waals surface area contributed by atoms with Crippen molar-refractivity contribution in [1.82, 2.24) is 9.36 Å². The molecule has 3 aromatic rings. The van der Waals surface area contributed by atoms with Crippen molar-refractivity contribution in [3.63, 3.8) is 0 Å². The van der Waals surface area contributed by atoms with Gasteiger partial charge in [-0.15, -0.1) is 0 Å². The minimum atomic E-state index is -0.00362. The van der Waals surface area contributed by atoms with E-state index < -0.39 is 0 Å². The summed E-state index contributed by atoms with van der Waals surface area (Å²) in [7, 11) is 0. The summed E-state index contributed by atoms with van der Waals surface area (Å²) in [5.74, 6) is 1.95. The largest absolute Gasteiger partial charge is 0.490 e. The molecule has 1 saturated carbocycles. The Morgan fingerprint density at radius 2 is 2.04 bits per heavy atom. The van der Waals surface area contributed by atoms with E-state index >= 15 is 0 Å². The fourth-order valence-corrected chi connectivity index (χ4v) is 4.66. The van der Waals surface area contributed by atoms with Gasteiger partial charge in [-0.1, -0.05) is 18.2 Å². The number of carbonyl (C=O) groups excluding carboxylic acids is 1. The number of ether oxygens (including phenoxy) is 1. The molecular weight excluding hydrogens is 370 g/mol. The number of ketones is 1. The van der Waals surface area contributed by atoms with Gasteiger partial charge < -0.3 is 4.74 Å². The molecule has 1 fully saturated rings. The van der Waals surface area contributed by atoms with E-state index in [1.807, 2.05) is 38.1 Å². The maximum absolute atomic E-state index is 12.4. The summed E-state index contributed by atoms with van der Waals surface area (Å²) in [5.41, 5.74) is 4.24. The highest BCUT2D eigenvalue weighted by molar-refractivity contribution is 7.09. The van der Waals surface area contributed by atoms with Crippen LogP contribution in [0.5, 0.6) is 5.75 Å². The van der Waals surface area contributed by atoms with E-state index in [9.17, 15) is 10.1 Å². The Morgan fingerprint density at radius 3 is 2.82 bits per heavy atom. The van der Waals surface area contributed by atoms with E-state index in [1.54, 1.807) is 12.1 Å². The molecule has 0 N–H and O–H groups in total. The summed E-state index contributed by atoms with van der Waals surface area (Å²) >= 11 is 1.33. The third-order valence-electron chi connectivity index (χ3n) is 5.25. The van der Waals surface area contributed by atoms with Crippen LogP contribution in [0.15, 0.2) is 36.4 Å². The maximum Gasteiger partial charge on any atom is 0.173 e. The van der Waals surface area contributed by atoms with Crippen LogP contribution in [0.4, 0.5) is 0 Å². The molecule has 0 saturated heterocycles. The lowest BCUT2D eigenvalue weighted by Gasteiger charge is -2.11. The van der Waals surface area contributed by atoms with Gasteiger partial charge in [0.25, 0.3) is 0 Å². The Hall–Kier alpha value is -3.04. The number of fused-ring (bicyclic) bond motifs is 3. The molecule has 2 atom stereocenters. The normalized spacial score (nSPS) is 19.3. The molecule has 5 rings (SSSR count). The molecule has 0 amide bonds. The summed E-state index contributed by atoms with van der Waals surface area (Å²) in [6.07, 6.45) is 0.952. The summed E-state index contributed by atoms with van der Waals surface area (Å²) in [6.45, 7) is 3.85. The van der Waals surface area contributed by atoms with Crippen molar-refractivity contribution in [2.45, 2.75) is 32.3 Å². The SMILES string of the molecule is CC(C)Oc1ccc(-c2nsc(-c3cccc4c3C3CC3C4=O)n2)cc1C#N. The van der Waals surface area contributed by atoms with Crippen molar-refractivity contribution < 1.29 is 9.53 Å². The molecule has 5 nitrogen and oxygen atoms in total. The summed E-state index contributed by atoms with van der Waals surface area (Å²) < 4.78 is 10.2. The Kier molecular flexibility index (Phi) is 3.81. The van der Waals surface area contributed by atoms with Crippen LogP contribution in [0.2, 0.25) is 0 Å². The lowest BCUT2D eigenvalue weighted by atomic mass is 9.99. The van der Waals surface area contributed by atoms with Crippen LogP contribution >= 0.6 is 11.5 Å². The predicted molar refractivity (Wildman–Crippen MR) is 106 cm³/mol. The second-order valence-electron chi connectivity index (χ2n) is 7.49. The van der Waals surface area contributed by atoms with Crippen molar-refractivity contribution in [3.05, 3.63) is 53.1 Å². The maximum atomic E-state index is 12.4. The Morgan fingerprint density at radius 1 is 1.21 bits per heavy atom. The number of rotatable bonds is 4. The van der Waals surface area contributed by atoms with Crippen LogP contribution in [0.25, 0.3) is 22.0 Å². The van der Waals surface area contributed by atoms with Gasteiger partial charge in [0.1, 0.15) is 16.8 Å². The zero-order valence-electron chi connectivity index (χ0n) is 15.5. The molecule has 2 aliphatic carbocycles. The van der Waals surface area contributed by atoms with Crippen LogP contribution < -0.4 is 4.74 Å². The van der Waals surface area contributed by atoms with Gasteiger partial charge in [-0.2, -0.15) is 9.64 Å². The second kappa shape index (κ2) is 6.25. The molecule has 2 aliphatic rings. The summed E-state index contributed by atoms with van der Waals surface area (Å²) in [4.78, 5) is 17.1. The Bertz CT molecular complexity index is 1160. The van der Waals surface area contributed by atoms with Gasteiger partial charge in [0.2, 0.25) is 0 Å². The molecule has 0 bridgehead atoms. The molecule has 1 aromatic heterocycles. The van der Waals surface area contributed by atoms with E-state index in [-0.39, 0.29) is 17.8 Å². The third kappa shape index (κ3) is 2.62.